The van der Waals surface area contributed by atoms with E-state index < -0.39 is 17.8 Å². The Kier molecular flexibility index (Phi) is 5.66. The third kappa shape index (κ3) is 4.71. The van der Waals surface area contributed by atoms with Gasteiger partial charge in [0.25, 0.3) is 5.91 Å². The first-order valence-corrected chi connectivity index (χ1v) is 8.25. The molecule has 0 unspecified atom stereocenters. The second kappa shape index (κ2) is 8.31. The number of carbonyl (C=O) groups excluding carboxylic acids is 1. The Balaban J connectivity index is 1.89. The highest BCUT2D eigenvalue weighted by Gasteiger charge is 2.14. The van der Waals surface area contributed by atoms with Gasteiger partial charge in [0, 0.05) is 11.3 Å². The summed E-state index contributed by atoms with van der Waals surface area (Å²) in [6.45, 7) is 0. The number of anilines is 4. The molecule has 0 saturated carbocycles. The molecule has 3 rings (SSSR count). The Labute approximate surface area is 163 Å². The van der Waals surface area contributed by atoms with Crippen LogP contribution in [0.3, 0.4) is 0 Å². The molecule has 8 nitrogen and oxygen atoms in total. The molecular weight excluding hydrogens is 389 g/mol. The van der Waals surface area contributed by atoms with Crippen LogP contribution >= 0.6 is 11.6 Å². The van der Waals surface area contributed by atoms with Gasteiger partial charge in [0.05, 0.1) is 11.9 Å². The van der Waals surface area contributed by atoms with Crippen molar-refractivity contribution in [2.75, 3.05) is 16.0 Å². The number of hydrogen-bond donors (Lipinski definition) is 4. The van der Waals surface area contributed by atoms with Crippen LogP contribution in [0.25, 0.3) is 0 Å². The lowest BCUT2D eigenvalue weighted by molar-refractivity contribution is 0.102. The molecule has 0 radical (unpaired) electrons. The fourth-order valence-electron chi connectivity index (χ4n) is 2.28. The van der Waals surface area contributed by atoms with E-state index in [9.17, 15) is 14.0 Å². The van der Waals surface area contributed by atoms with E-state index in [1.165, 1.54) is 18.3 Å². The van der Waals surface area contributed by atoms with Crippen molar-refractivity contribution >= 4 is 46.5 Å². The summed E-state index contributed by atoms with van der Waals surface area (Å²) in [7, 11) is 0. The van der Waals surface area contributed by atoms with Gasteiger partial charge in [-0.3, -0.25) is 10.1 Å². The Morgan fingerprint density at radius 3 is 2.50 bits per heavy atom. The average Bonchev–Trinajstić information content (AvgIpc) is 2.67. The van der Waals surface area contributed by atoms with Crippen molar-refractivity contribution in [2.24, 2.45) is 0 Å². The van der Waals surface area contributed by atoms with Gasteiger partial charge in [-0.25, -0.2) is 14.2 Å². The first kappa shape index (κ1) is 19.1. The number of halogens is 2. The van der Waals surface area contributed by atoms with Crippen LogP contribution < -0.4 is 16.0 Å². The number of hydrogen-bond acceptors (Lipinski definition) is 5. The molecule has 0 aliphatic carbocycles. The molecule has 10 heteroatoms. The second-order valence-electron chi connectivity index (χ2n) is 5.47. The van der Waals surface area contributed by atoms with Crippen molar-refractivity contribution < 1.29 is 19.1 Å². The van der Waals surface area contributed by atoms with Crippen molar-refractivity contribution in [1.82, 2.24) is 9.97 Å². The first-order valence-electron chi connectivity index (χ1n) is 7.88. The van der Waals surface area contributed by atoms with Gasteiger partial charge >= 0.3 is 6.09 Å². The van der Waals surface area contributed by atoms with Crippen LogP contribution in [0.1, 0.15) is 10.4 Å². The standard InChI is InChI=1S/C18H13ClFN5O3/c19-17-21-9-14(24-16(26)10-4-2-1-3-5-10)15(25-17)23-13-8-11(22-18(27)28)6-7-12(13)20/h1-9,22H,(H,24,26)(H,27,28)(H,21,23,25). The van der Waals surface area contributed by atoms with Crippen LogP contribution in [0.5, 0.6) is 0 Å². The Morgan fingerprint density at radius 2 is 1.79 bits per heavy atom. The van der Waals surface area contributed by atoms with Gasteiger partial charge in [-0.1, -0.05) is 18.2 Å². The summed E-state index contributed by atoms with van der Waals surface area (Å²) in [4.78, 5) is 30.9. The van der Waals surface area contributed by atoms with Crippen molar-refractivity contribution in [3.63, 3.8) is 0 Å². The lowest BCUT2D eigenvalue weighted by Gasteiger charge is -2.13. The third-order valence-electron chi connectivity index (χ3n) is 3.51. The maximum Gasteiger partial charge on any atom is 0.409 e. The van der Waals surface area contributed by atoms with Crippen molar-refractivity contribution in [3.8, 4) is 0 Å². The smallest absolute Gasteiger partial charge is 0.409 e. The number of benzene rings is 2. The summed E-state index contributed by atoms with van der Waals surface area (Å²) in [6, 6.07) is 12.0. The molecule has 1 aromatic heterocycles. The average molecular weight is 402 g/mol. The number of nitrogens with zero attached hydrogens (tertiary/aromatic N) is 2. The van der Waals surface area contributed by atoms with E-state index in [2.05, 4.69) is 25.9 Å². The monoisotopic (exact) mass is 401 g/mol. The molecule has 142 valence electrons. The molecule has 0 saturated heterocycles. The summed E-state index contributed by atoms with van der Waals surface area (Å²) in [5.41, 5.74) is 0.638. The van der Waals surface area contributed by atoms with Gasteiger partial charge in [-0.15, -0.1) is 0 Å². The van der Waals surface area contributed by atoms with E-state index in [-0.39, 0.29) is 28.2 Å². The number of rotatable bonds is 5. The van der Waals surface area contributed by atoms with Gasteiger partial charge in [0.2, 0.25) is 5.28 Å². The second-order valence-corrected chi connectivity index (χ2v) is 5.81. The fourth-order valence-corrected chi connectivity index (χ4v) is 2.41. The van der Waals surface area contributed by atoms with E-state index >= 15 is 0 Å². The zero-order valence-electron chi connectivity index (χ0n) is 14.1. The predicted octanol–water partition coefficient (Wildman–Crippen LogP) is 4.35. The summed E-state index contributed by atoms with van der Waals surface area (Å²) in [5.74, 6) is -1.04. The molecule has 28 heavy (non-hydrogen) atoms. The Bertz CT molecular complexity index is 1030. The minimum atomic E-state index is -1.29. The number of carboxylic acid groups (broad SMARTS) is 1. The summed E-state index contributed by atoms with van der Waals surface area (Å²) in [6.07, 6.45) is -0.0195. The molecule has 0 atom stereocenters. The summed E-state index contributed by atoms with van der Waals surface area (Å²) >= 11 is 5.82. The molecule has 0 aliphatic heterocycles. The molecule has 0 fully saturated rings. The number of carbonyl (C=O) groups is 2. The third-order valence-corrected chi connectivity index (χ3v) is 3.70. The number of aromatic nitrogens is 2. The highest BCUT2D eigenvalue weighted by atomic mass is 35.5. The highest BCUT2D eigenvalue weighted by molar-refractivity contribution is 6.28. The van der Waals surface area contributed by atoms with Crippen LogP contribution in [-0.4, -0.2) is 27.1 Å². The number of nitrogens with one attached hydrogen (secondary N) is 3. The molecule has 0 bridgehead atoms. The van der Waals surface area contributed by atoms with Crippen LogP contribution in [0.4, 0.5) is 32.1 Å². The molecule has 3 aromatic rings. The largest absolute Gasteiger partial charge is 0.465 e. The van der Waals surface area contributed by atoms with E-state index in [0.29, 0.717) is 5.56 Å². The van der Waals surface area contributed by atoms with E-state index in [4.69, 9.17) is 16.7 Å². The summed E-state index contributed by atoms with van der Waals surface area (Å²) in [5, 5.41) is 16.1. The normalized spacial score (nSPS) is 10.2. The minimum Gasteiger partial charge on any atom is -0.465 e. The van der Waals surface area contributed by atoms with Crippen LogP contribution in [-0.2, 0) is 0 Å². The minimum absolute atomic E-state index is 0.0376. The maximum atomic E-state index is 14.2. The molecule has 4 N–H and O–H groups in total. The van der Waals surface area contributed by atoms with E-state index in [1.54, 1.807) is 30.3 Å². The van der Waals surface area contributed by atoms with Crippen molar-refractivity contribution in [3.05, 3.63) is 71.4 Å². The fraction of sp³-hybridized carbons (Fsp3) is 0. The van der Waals surface area contributed by atoms with E-state index in [1.807, 2.05) is 0 Å². The van der Waals surface area contributed by atoms with Crippen LogP contribution in [0.15, 0.2) is 54.7 Å². The zero-order valence-corrected chi connectivity index (χ0v) is 14.9. The SMILES string of the molecule is O=C(O)Nc1ccc(F)c(Nc2nc(Cl)ncc2NC(=O)c2ccccc2)c1. The molecule has 0 aliphatic rings. The predicted molar refractivity (Wildman–Crippen MR) is 103 cm³/mol. The van der Waals surface area contributed by atoms with Crippen LogP contribution in [0.2, 0.25) is 5.28 Å². The topological polar surface area (TPSA) is 116 Å². The zero-order chi connectivity index (χ0) is 20.1. The lowest BCUT2D eigenvalue weighted by atomic mass is 10.2. The quantitative estimate of drug-likeness (QED) is 0.472. The molecule has 1 heterocycles. The molecule has 2 amide bonds. The van der Waals surface area contributed by atoms with Crippen LogP contribution in [0, 0.1) is 5.82 Å². The highest BCUT2D eigenvalue weighted by Crippen LogP contribution is 2.28. The molecular formula is C18H13ClFN5O3. The Morgan fingerprint density at radius 1 is 1.04 bits per heavy atom. The van der Waals surface area contributed by atoms with Gasteiger partial charge in [0.15, 0.2) is 5.82 Å². The van der Waals surface area contributed by atoms with Crippen molar-refractivity contribution in [2.45, 2.75) is 0 Å². The van der Waals surface area contributed by atoms with Gasteiger partial charge in [-0.05, 0) is 41.9 Å². The lowest BCUT2D eigenvalue weighted by Crippen LogP contribution is -2.14. The van der Waals surface area contributed by atoms with Crippen molar-refractivity contribution in [1.29, 1.82) is 0 Å². The number of amides is 2. The molecule has 0 spiro atoms. The molecule has 2 aromatic carbocycles. The van der Waals surface area contributed by atoms with Gasteiger partial charge < -0.3 is 15.7 Å². The van der Waals surface area contributed by atoms with Gasteiger partial charge in [-0.2, -0.15) is 4.98 Å². The first-order chi connectivity index (χ1) is 13.4. The maximum absolute atomic E-state index is 14.2. The van der Waals surface area contributed by atoms with E-state index in [0.717, 1.165) is 6.07 Å². The summed E-state index contributed by atoms with van der Waals surface area (Å²) < 4.78 is 14.2. The van der Waals surface area contributed by atoms with Gasteiger partial charge in [0.1, 0.15) is 11.5 Å². The Hall–Kier alpha value is -3.72.